The first-order chi connectivity index (χ1) is 7.74. The smallest absolute Gasteiger partial charge is 0.260 e. The highest BCUT2D eigenvalue weighted by molar-refractivity contribution is 7.99. The largest absolute Gasteiger partial charge is 0.286 e. The van der Waals surface area contributed by atoms with E-state index in [-0.39, 0.29) is 11.4 Å². The molecule has 0 aromatic carbocycles. The van der Waals surface area contributed by atoms with Crippen LogP contribution in [0.5, 0.6) is 0 Å². The van der Waals surface area contributed by atoms with Crippen molar-refractivity contribution in [3.63, 3.8) is 0 Å². The first kappa shape index (κ1) is 13.9. The Labute approximate surface area is 100 Å². The van der Waals surface area contributed by atoms with Crippen LogP contribution in [-0.4, -0.2) is 20.5 Å². The predicted octanol–water partition coefficient (Wildman–Crippen LogP) is 2.58. The number of allylic oxidation sites excluding steroid dienone is 1. The summed E-state index contributed by atoms with van der Waals surface area (Å²) >= 11 is 0. The van der Waals surface area contributed by atoms with E-state index in [1.54, 1.807) is 19.3 Å². The van der Waals surface area contributed by atoms with Gasteiger partial charge in [-0.1, -0.05) is 11.1 Å². The molecule has 0 fully saturated rings. The molecule has 1 aromatic rings. The van der Waals surface area contributed by atoms with Gasteiger partial charge < -0.3 is 0 Å². The zero-order chi connectivity index (χ0) is 13.1. The SMILES string of the molecule is CC=C=S(C)(=O)Cc1ccc(C(C)(F)F)nc1. The van der Waals surface area contributed by atoms with Gasteiger partial charge in [0.2, 0.25) is 0 Å². The second kappa shape index (κ2) is 4.98. The molecule has 1 aromatic heterocycles. The van der Waals surface area contributed by atoms with E-state index < -0.39 is 15.4 Å². The molecular weight excluding hydrogens is 244 g/mol. The summed E-state index contributed by atoms with van der Waals surface area (Å²) < 4.78 is 37.7. The van der Waals surface area contributed by atoms with E-state index in [1.165, 1.54) is 18.3 Å². The minimum absolute atomic E-state index is 0.264. The third-order valence-corrected chi connectivity index (χ3v) is 3.70. The van der Waals surface area contributed by atoms with Crippen molar-refractivity contribution in [3.8, 4) is 0 Å². The Morgan fingerprint density at radius 1 is 1.53 bits per heavy atom. The summed E-state index contributed by atoms with van der Waals surface area (Å²) in [6.07, 6.45) is 4.52. The number of alkyl halides is 2. The van der Waals surface area contributed by atoms with Gasteiger partial charge >= 0.3 is 0 Å². The van der Waals surface area contributed by atoms with Gasteiger partial charge in [-0.05, 0) is 24.6 Å². The molecule has 1 atom stereocenters. The number of aromatic nitrogens is 1. The van der Waals surface area contributed by atoms with Gasteiger partial charge in [0, 0.05) is 34.7 Å². The molecule has 2 nitrogen and oxygen atoms in total. The Morgan fingerprint density at radius 3 is 2.59 bits per heavy atom. The van der Waals surface area contributed by atoms with Gasteiger partial charge in [-0.3, -0.25) is 9.19 Å². The molecule has 0 radical (unpaired) electrons. The monoisotopic (exact) mass is 259 g/mol. The van der Waals surface area contributed by atoms with Crippen molar-refractivity contribution in [1.29, 1.82) is 0 Å². The lowest BCUT2D eigenvalue weighted by Gasteiger charge is -2.09. The summed E-state index contributed by atoms with van der Waals surface area (Å²) in [6, 6.07) is 2.79. The molecule has 1 rings (SSSR count). The molecule has 0 aliphatic heterocycles. The van der Waals surface area contributed by atoms with Gasteiger partial charge in [-0.2, -0.15) is 8.78 Å². The van der Waals surface area contributed by atoms with Gasteiger partial charge in [0.05, 0.1) is 0 Å². The molecule has 0 bridgehead atoms. The van der Waals surface area contributed by atoms with E-state index in [2.05, 4.69) is 10.0 Å². The van der Waals surface area contributed by atoms with E-state index in [0.717, 1.165) is 6.92 Å². The van der Waals surface area contributed by atoms with Crippen LogP contribution in [0.2, 0.25) is 0 Å². The maximum absolute atomic E-state index is 12.9. The zero-order valence-electron chi connectivity index (χ0n) is 10.0. The molecule has 5 heteroatoms. The molecular formula is C12H15F2NOS. The molecule has 0 saturated heterocycles. The van der Waals surface area contributed by atoms with Crippen molar-refractivity contribution >= 4 is 14.5 Å². The van der Waals surface area contributed by atoms with Crippen molar-refractivity contribution in [3.05, 3.63) is 35.7 Å². The van der Waals surface area contributed by atoms with Crippen molar-refractivity contribution in [2.45, 2.75) is 25.5 Å². The van der Waals surface area contributed by atoms with Crippen LogP contribution in [0.3, 0.4) is 0 Å². The second-order valence-electron chi connectivity index (χ2n) is 4.00. The first-order valence-corrected chi connectivity index (χ1v) is 7.23. The quantitative estimate of drug-likeness (QED) is 0.781. The minimum Gasteiger partial charge on any atom is -0.260 e. The van der Waals surface area contributed by atoms with Crippen LogP contribution in [0.1, 0.15) is 25.1 Å². The molecule has 0 aliphatic carbocycles. The van der Waals surface area contributed by atoms with E-state index >= 15 is 0 Å². The van der Waals surface area contributed by atoms with Gasteiger partial charge in [-0.15, -0.1) is 0 Å². The lowest BCUT2D eigenvalue weighted by Crippen LogP contribution is -2.10. The summed E-state index contributed by atoms with van der Waals surface area (Å²) in [5.74, 6) is -2.68. The Morgan fingerprint density at radius 2 is 2.18 bits per heavy atom. The van der Waals surface area contributed by atoms with Crippen LogP contribution in [-0.2, 0) is 21.2 Å². The standard InChI is InChI=1S/C12H15F2NOS/c1-4-7-17(3,16)9-10-5-6-11(15-8-10)12(2,13)14/h4-6,8H,9H2,1-3H3. The van der Waals surface area contributed by atoms with Gasteiger partial charge in [0.1, 0.15) is 5.69 Å². The molecule has 0 saturated carbocycles. The van der Waals surface area contributed by atoms with E-state index in [4.69, 9.17) is 0 Å². The lowest BCUT2D eigenvalue weighted by molar-refractivity contribution is 0.0127. The third-order valence-electron chi connectivity index (χ3n) is 2.08. The van der Waals surface area contributed by atoms with Crippen molar-refractivity contribution in [1.82, 2.24) is 4.98 Å². The zero-order valence-corrected chi connectivity index (χ0v) is 10.9. The first-order valence-electron chi connectivity index (χ1n) is 5.10. The number of pyridine rings is 1. The third kappa shape index (κ3) is 4.29. The van der Waals surface area contributed by atoms with E-state index in [1.807, 2.05) is 0 Å². The summed E-state index contributed by atoms with van der Waals surface area (Å²) in [7, 11) is -2.22. The average Bonchev–Trinajstić information content (AvgIpc) is 2.16. The Bertz CT molecular complexity index is 531. The predicted molar refractivity (Wildman–Crippen MR) is 66.8 cm³/mol. The summed E-state index contributed by atoms with van der Waals surface area (Å²) in [5.41, 5.74) is 0.388. The van der Waals surface area contributed by atoms with Crippen LogP contribution < -0.4 is 0 Å². The molecule has 1 heterocycles. The molecule has 0 N–H and O–H groups in total. The van der Waals surface area contributed by atoms with Crippen LogP contribution in [0.4, 0.5) is 8.78 Å². The summed E-state index contributed by atoms with van der Waals surface area (Å²) in [5, 5.41) is 2.74. The molecule has 0 amide bonds. The maximum atomic E-state index is 12.9. The van der Waals surface area contributed by atoms with Gasteiger partial charge in [-0.25, -0.2) is 0 Å². The fourth-order valence-electron chi connectivity index (χ4n) is 1.38. The van der Waals surface area contributed by atoms with Crippen LogP contribution >= 0.6 is 0 Å². The second-order valence-corrected chi connectivity index (χ2v) is 6.53. The normalized spacial score (nSPS) is 14.9. The Kier molecular flexibility index (Phi) is 4.07. The average molecular weight is 259 g/mol. The Hall–Kier alpha value is -1.19. The van der Waals surface area contributed by atoms with Crippen molar-refractivity contribution in [2.24, 2.45) is 0 Å². The van der Waals surface area contributed by atoms with Crippen molar-refractivity contribution < 1.29 is 13.0 Å². The summed E-state index contributed by atoms with van der Waals surface area (Å²) in [6.45, 7) is 2.54. The van der Waals surface area contributed by atoms with Gasteiger partial charge in [0.15, 0.2) is 0 Å². The number of hydrogen-bond acceptors (Lipinski definition) is 2. The highest BCUT2D eigenvalue weighted by Crippen LogP contribution is 2.24. The number of hydrogen-bond donors (Lipinski definition) is 0. The topological polar surface area (TPSA) is 30.0 Å². The van der Waals surface area contributed by atoms with Crippen LogP contribution in [0, 0.1) is 0 Å². The highest BCUT2D eigenvalue weighted by Gasteiger charge is 2.25. The molecule has 17 heavy (non-hydrogen) atoms. The van der Waals surface area contributed by atoms with Gasteiger partial charge in [0.25, 0.3) is 5.92 Å². The fraction of sp³-hybridized carbons (Fsp3) is 0.417. The molecule has 0 aliphatic rings. The Balaban J connectivity index is 2.99. The number of rotatable bonds is 3. The number of nitrogens with zero attached hydrogens (tertiary/aromatic N) is 1. The minimum atomic E-state index is -2.94. The highest BCUT2D eigenvalue weighted by atomic mass is 32.2. The van der Waals surface area contributed by atoms with Crippen LogP contribution in [0.15, 0.2) is 24.4 Å². The van der Waals surface area contributed by atoms with E-state index in [0.29, 0.717) is 5.56 Å². The number of halogens is 2. The van der Waals surface area contributed by atoms with Crippen molar-refractivity contribution in [2.75, 3.05) is 6.26 Å². The lowest BCUT2D eigenvalue weighted by atomic mass is 10.2. The summed E-state index contributed by atoms with van der Waals surface area (Å²) in [4.78, 5) is 3.68. The molecule has 0 spiro atoms. The molecule has 94 valence electrons. The maximum Gasteiger partial charge on any atom is 0.286 e. The fourth-order valence-corrected chi connectivity index (χ4v) is 2.77. The van der Waals surface area contributed by atoms with E-state index in [9.17, 15) is 13.0 Å². The van der Waals surface area contributed by atoms with Crippen LogP contribution in [0.25, 0.3) is 0 Å². The molecule has 1 unspecified atom stereocenters.